The van der Waals surface area contributed by atoms with Crippen LogP contribution in [0, 0.1) is 28.1 Å². The number of hydrogen-bond donors (Lipinski definition) is 1. The molecule has 0 radical (unpaired) electrons. The minimum Gasteiger partial charge on any atom is -0.458 e. The van der Waals surface area contributed by atoms with E-state index < -0.39 is 17.1 Å². The third-order valence-corrected chi connectivity index (χ3v) is 8.37. The molecule has 4 rings (SSSR count). The predicted molar refractivity (Wildman–Crippen MR) is 88.6 cm³/mol. The molecular formula is C20H30O3. The Labute approximate surface area is 139 Å². The summed E-state index contributed by atoms with van der Waals surface area (Å²) in [5.41, 5.74) is -0.784. The second kappa shape index (κ2) is 4.41. The first-order valence-corrected chi connectivity index (χ1v) is 9.26. The zero-order chi connectivity index (χ0) is 16.7. The number of esters is 1. The predicted octanol–water partition coefficient (Wildman–Crippen LogP) is 3.85. The molecule has 3 heteroatoms. The molecule has 128 valence electrons. The summed E-state index contributed by atoms with van der Waals surface area (Å²) < 4.78 is 6.20. The number of aliphatic hydroxyl groups is 1. The first-order valence-electron chi connectivity index (χ1n) is 9.26. The maximum absolute atomic E-state index is 12.7. The van der Waals surface area contributed by atoms with E-state index in [9.17, 15) is 9.90 Å². The lowest BCUT2D eigenvalue weighted by Crippen LogP contribution is -2.66. The average Bonchev–Trinajstić information content (AvgIpc) is 2.64. The quantitative estimate of drug-likeness (QED) is 0.590. The monoisotopic (exact) mass is 318 g/mol. The lowest BCUT2D eigenvalue weighted by molar-refractivity contribution is -0.228. The highest BCUT2D eigenvalue weighted by atomic mass is 16.6. The van der Waals surface area contributed by atoms with Gasteiger partial charge in [0, 0.05) is 11.3 Å². The van der Waals surface area contributed by atoms with Crippen molar-refractivity contribution in [3.05, 3.63) is 12.7 Å². The SMILES string of the molecule is C=CC1(C)CCC2(C)C(CC(O)C3C4(C)CCCC32OC4=O)C1. The lowest BCUT2D eigenvalue weighted by atomic mass is 9.42. The van der Waals surface area contributed by atoms with Crippen molar-refractivity contribution in [2.45, 2.75) is 77.4 Å². The van der Waals surface area contributed by atoms with Gasteiger partial charge in [-0.3, -0.25) is 4.79 Å². The first kappa shape index (κ1) is 15.7. The number of ether oxygens (including phenoxy) is 1. The zero-order valence-corrected chi connectivity index (χ0v) is 14.7. The Hall–Kier alpha value is -0.830. The molecule has 4 aliphatic rings. The van der Waals surface area contributed by atoms with E-state index >= 15 is 0 Å². The van der Waals surface area contributed by atoms with Crippen molar-refractivity contribution in [1.29, 1.82) is 0 Å². The molecule has 7 unspecified atom stereocenters. The summed E-state index contributed by atoms with van der Waals surface area (Å²) in [7, 11) is 0. The van der Waals surface area contributed by atoms with Crippen LogP contribution in [0.15, 0.2) is 12.7 Å². The molecule has 0 amide bonds. The van der Waals surface area contributed by atoms with E-state index in [4.69, 9.17) is 4.74 Å². The van der Waals surface area contributed by atoms with Crippen LogP contribution >= 0.6 is 0 Å². The highest BCUT2D eigenvalue weighted by Crippen LogP contribution is 2.71. The van der Waals surface area contributed by atoms with Crippen LogP contribution < -0.4 is 0 Å². The summed E-state index contributed by atoms with van der Waals surface area (Å²) in [5, 5.41) is 11.0. The van der Waals surface area contributed by atoms with Crippen LogP contribution in [-0.2, 0) is 9.53 Å². The fraction of sp³-hybridized carbons (Fsp3) is 0.850. The summed E-state index contributed by atoms with van der Waals surface area (Å²) >= 11 is 0. The molecule has 3 nitrogen and oxygen atoms in total. The van der Waals surface area contributed by atoms with Gasteiger partial charge in [0.25, 0.3) is 0 Å². The molecule has 0 aromatic rings. The van der Waals surface area contributed by atoms with E-state index in [1.54, 1.807) is 0 Å². The van der Waals surface area contributed by atoms with Crippen LogP contribution in [0.4, 0.5) is 0 Å². The van der Waals surface area contributed by atoms with Crippen molar-refractivity contribution in [2.24, 2.45) is 28.1 Å². The van der Waals surface area contributed by atoms with Crippen LogP contribution in [0.1, 0.15) is 65.7 Å². The summed E-state index contributed by atoms with van der Waals surface area (Å²) in [6, 6.07) is 0. The molecule has 1 saturated heterocycles. The molecule has 1 heterocycles. The Bertz CT molecular complexity index is 571. The van der Waals surface area contributed by atoms with Gasteiger partial charge in [-0.25, -0.2) is 0 Å². The van der Waals surface area contributed by atoms with Crippen molar-refractivity contribution < 1.29 is 14.6 Å². The molecule has 0 spiro atoms. The molecule has 3 aliphatic carbocycles. The highest BCUT2D eigenvalue weighted by Gasteiger charge is 2.75. The minimum atomic E-state index is -0.481. The van der Waals surface area contributed by atoms with Crippen LogP contribution in [0.5, 0.6) is 0 Å². The maximum atomic E-state index is 12.7. The Balaban J connectivity index is 1.81. The summed E-state index contributed by atoms with van der Waals surface area (Å²) in [6.45, 7) is 10.7. The van der Waals surface area contributed by atoms with Crippen molar-refractivity contribution in [1.82, 2.24) is 0 Å². The van der Waals surface area contributed by atoms with E-state index in [2.05, 4.69) is 26.5 Å². The van der Waals surface area contributed by atoms with Gasteiger partial charge in [0.2, 0.25) is 0 Å². The zero-order valence-electron chi connectivity index (χ0n) is 14.7. The van der Waals surface area contributed by atoms with Gasteiger partial charge in [0.1, 0.15) is 5.60 Å². The summed E-state index contributed by atoms with van der Waals surface area (Å²) in [6.07, 6.45) is 8.51. The van der Waals surface area contributed by atoms with Crippen LogP contribution in [0.25, 0.3) is 0 Å². The molecule has 0 aromatic carbocycles. The van der Waals surface area contributed by atoms with Gasteiger partial charge in [-0.2, -0.15) is 0 Å². The van der Waals surface area contributed by atoms with Crippen molar-refractivity contribution in [3.63, 3.8) is 0 Å². The first-order chi connectivity index (χ1) is 10.7. The van der Waals surface area contributed by atoms with Gasteiger partial charge in [-0.1, -0.05) is 19.9 Å². The van der Waals surface area contributed by atoms with E-state index in [1.165, 1.54) is 0 Å². The average molecular weight is 318 g/mol. The topological polar surface area (TPSA) is 46.5 Å². The number of allylic oxidation sites excluding steroid dienone is 1. The number of carbonyl (C=O) groups excluding carboxylic acids is 1. The van der Waals surface area contributed by atoms with Crippen LogP contribution in [0.3, 0.4) is 0 Å². The van der Waals surface area contributed by atoms with Crippen LogP contribution in [0.2, 0.25) is 0 Å². The highest BCUT2D eigenvalue weighted by molar-refractivity contribution is 5.81. The second-order valence-electron chi connectivity index (χ2n) is 9.51. The number of fused-ring (bicyclic) bond motifs is 1. The van der Waals surface area contributed by atoms with Gasteiger partial charge in [-0.05, 0) is 63.2 Å². The maximum Gasteiger partial charge on any atom is 0.312 e. The van der Waals surface area contributed by atoms with Crippen LogP contribution in [-0.4, -0.2) is 22.8 Å². The van der Waals surface area contributed by atoms with Crippen molar-refractivity contribution in [2.75, 3.05) is 0 Å². The standard InChI is InChI=1S/C20H30O3/c1-5-17(2)9-10-19(4)13(12-17)11-14(21)15-18(3)7-6-8-20(15,19)23-16(18)22/h5,13-15,21H,1,6-12H2,2-4H3. The molecule has 1 N–H and O–H groups in total. The van der Waals surface area contributed by atoms with Crippen molar-refractivity contribution in [3.8, 4) is 0 Å². The number of rotatable bonds is 1. The Morgan fingerprint density at radius 2 is 1.96 bits per heavy atom. The number of hydrogen-bond acceptors (Lipinski definition) is 3. The lowest BCUT2D eigenvalue weighted by Gasteiger charge is -2.63. The summed E-state index contributed by atoms with van der Waals surface area (Å²) in [4.78, 5) is 12.7. The molecule has 2 bridgehead atoms. The molecule has 3 saturated carbocycles. The van der Waals surface area contributed by atoms with Gasteiger partial charge in [0.15, 0.2) is 0 Å². The third-order valence-electron chi connectivity index (χ3n) is 8.37. The largest absolute Gasteiger partial charge is 0.458 e. The van der Waals surface area contributed by atoms with Crippen molar-refractivity contribution >= 4 is 5.97 Å². The normalized spacial score (nSPS) is 58.1. The fourth-order valence-corrected chi connectivity index (χ4v) is 6.82. The van der Waals surface area contributed by atoms with Gasteiger partial charge in [0.05, 0.1) is 11.5 Å². The minimum absolute atomic E-state index is 0.00669. The summed E-state index contributed by atoms with van der Waals surface area (Å²) in [5.74, 6) is 0.322. The molecular weight excluding hydrogens is 288 g/mol. The van der Waals surface area contributed by atoms with E-state index in [1.807, 2.05) is 6.92 Å². The molecule has 4 fully saturated rings. The Morgan fingerprint density at radius 3 is 2.65 bits per heavy atom. The Kier molecular flexibility index (Phi) is 3.01. The number of carbonyl (C=O) groups is 1. The molecule has 0 aromatic heterocycles. The fourth-order valence-electron chi connectivity index (χ4n) is 6.82. The van der Waals surface area contributed by atoms with E-state index in [0.29, 0.717) is 5.92 Å². The third kappa shape index (κ3) is 1.67. The smallest absolute Gasteiger partial charge is 0.312 e. The van der Waals surface area contributed by atoms with Gasteiger partial charge >= 0.3 is 5.97 Å². The second-order valence-corrected chi connectivity index (χ2v) is 9.51. The Morgan fingerprint density at radius 1 is 1.22 bits per heavy atom. The molecule has 23 heavy (non-hydrogen) atoms. The van der Waals surface area contributed by atoms with E-state index in [-0.39, 0.29) is 22.7 Å². The van der Waals surface area contributed by atoms with E-state index in [0.717, 1.165) is 44.9 Å². The van der Waals surface area contributed by atoms with Gasteiger partial charge < -0.3 is 9.84 Å². The molecule has 7 atom stereocenters. The number of aliphatic hydroxyl groups excluding tert-OH is 1. The van der Waals surface area contributed by atoms with Gasteiger partial charge in [-0.15, -0.1) is 6.58 Å². The molecule has 1 aliphatic heterocycles.